The molecule has 3 rings (SSSR count). The number of aromatic nitrogens is 3. The summed E-state index contributed by atoms with van der Waals surface area (Å²) in [5, 5.41) is 13.6. The van der Waals surface area contributed by atoms with Crippen molar-refractivity contribution in [1.82, 2.24) is 25.7 Å². The van der Waals surface area contributed by atoms with E-state index < -0.39 is 17.9 Å². The van der Waals surface area contributed by atoms with Gasteiger partial charge in [0.25, 0.3) is 11.8 Å². The summed E-state index contributed by atoms with van der Waals surface area (Å²) in [7, 11) is 1.52. The van der Waals surface area contributed by atoms with Gasteiger partial charge in [0.1, 0.15) is 5.75 Å². The Morgan fingerprint density at radius 2 is 1.88 bits per heavy atom. The van der Waals surface area contributed by atoms with Crippen molar-refractivity contribution in [3.05, 3.63) is 65.7 Å². The van der Waals surface area contributed by atoms with Gasteiger partial charge >= 0.3 is 6.09 Å². The average Bonchev–Trinajstić information content (AvgIpc) is 3.13. The van der Waals surface area contributed by atoms with E-state index in [1.165, 1.54) is 25.6 Å². The lowest BCUT2D eigenvalue weighted by Crippen LogP contribution is -2.43. The SMILES string of the molecule is COc1cccc(-c2c(CC(C)C)nn(NC(=O)O)c2C(=O)NNC(=O)c2cccnc2)c1. The van der Waals surface area contributed by atoms with E-state index in [2.05, 4.69) is 26.4 Å². The van der Waals surface area contributed by atoms with Crippen molar-refractivity contribution in [3.63, 3.8) is 0 Å². The van der Waals surface area contributed by atoms with Crippen LogP contribution in [0.3, 0.4) is 0 Å². The molecule has 172 valence electrons. The van der Waals surface area contributed by atoms with Crippen LogP contribution in [-0.2, 0) is 6.42 Å². The second-order valence-electron chi connectivity index (χ2n) is 7.48. The smallest absolute Gasteiger partial charge is 0.425 e. The fraction of sp³-hybridized carbons (Fsp3) is 0.227. The van der Waals surface area contributed by atoms with Crippen LogP contribution in [0.4, 0.5) is 4.79 Å². The summed E-state index contributed by atoms with van der Waals surface area (Å²) in [4.78, 5) is 41.6. The summed E-state index contributed by atoms with van der Waals surface area (Å²) in [5.74, 6) is -0.623. The minimum Gasteiger partial charge on any atom is -0.497 e. The number of nitrogens with one attached hydrogen (secondary N) is 3. The molecule has 0 unspecified atom stereocenters. The van der Waals surface area contributed by atoms with Crippen molar-refractivity contribution in [2.24, 2.45) is 5.92 Å². The van der Waals surface area contributed by atoms with Crippen LogP contribution in [0, 0.1) is 5.92 Å². The molecule has 0 fully saturated rings. The van der Waals surface area contributed by atoms with Gasteiger partial charge in [-0.2, -0.15) is 9.89 Å². The van der Waals surface area contributed by atoms with Crippen LogP contribution in [-0.4, -0.2) is 45.0 Å². The van der Waals surface area contributed by atoms with Gasteiger partial charge in [-0.15, -0.1) is 0 Å². The van der Waals surface area contributed by atoms with E-state index in [1.807, 2.05) is 13.8 Å². The first-order valence-corrected chi connectivity index (χ1v) is 10.1. The Morgan fingerprint density at radius 3 is 2.52 bits per heavy atom. The molecule has 0 aliphatic heterocycles. The third-order valence-corrected chi connectivity index (χ3v) is 4.55. The Labute approximate surface area is 189 Å². The minimum atomic E-state index is -1.40. The van der Waals surface area contributed by atoms with Crippen LogP contribution in [0.15, 0.2) is 48.8 Å². The van der Waals surface area contributed by atoms with Crippen molar-refractivity contribution >= 4 is 17.9 Å². The molecule has 1 aromatic carbocycles. The predicted molar refractivity (Wildman–Crippen MR) is 119 cm³/mol. The molecule has 3 amide bonds. The standard InChI is InChI=1S/C22H24N6O5/c1-13(2)10-17-18(14-6-4-8-16(11-14)33-3)19(28(26-17)27-22(31)32)21(30)25-24-20(29)15-7-5-9-23-12-15/h4-9,11-13,27H,10H2,1-3H3,(H,24,29)(H,25,30)(H,31,32). The van der Waals surface area contributed by atoms with Crippen LogP contribution < -0.4 is 21.0 Å². The second-order valence-corrected chi connectivity index (χ2v) is 7.48. The predicted octanol–water partition coefficient (Wildman–Crippen LogP) is 2.45. The maximum Gasteiger partial charge on any atom is 0.425 e. The normalized spacial score (nSPS) is 10.5. The highest BCUT2D eigenvalue weighted by molar-refractivity contribution is 6.02. The van der Waals surface area contributed by atoms with Crippen molar-refractivity contribution in [3.8, 4) is 16.9 Å². The molecule has 2 aromatic heterocycles. The number of ether oxygens (including phenoxy) is 1. The first kappa shape index (κ1) is 23.3. The van der Waals surface area contributed by atoms with Crippen LogP contribution in [0.1, 0.15) is 40.4 Å². The van der Waals surface area contributed by atoms with Crippen molar-refractivity contribution < 1.29 is 24.2 Å². The number of nitrogens with zero attached hydrogens (tertiary/aromatic N) is 3. The van der Waals surface area contributed by atoms with E-state index >= 15 is 0 Å². The van der Waals surface area contributed by atoms with Crippen LogP contribution in [0.5, 0.6) is 5.75 Å². The molecule has 0 spiro atoms. The lowest BCUT2D eigenvalue weighted by atomic mass is 9.97. The van der Waals surface area contributed by atoms with E-state index in [-0.39, 0.29) is 17.2 Å². The monoisotopic (exact) mass is 452 g/mol. The Bertz CT molecular complexity index is 1160. The van der Waals surface area contributed by atoms with Gasteiger partial charge in [-0.05, 0) is 42.2 Å². The summed E-state index contributed by atoms with van der Waals surface area (Å²) < 4.78 is 5.30. The number of amides is 3. The molecule has 0 aliphatic carbocycles. The number of carbonyl (C=O) groups excluding carboxylic acids is 2. The van der Waals surface area contributed by atoms with Gasteiger partial charge in [0.05, 0.1) is 18.4 Å². The number of carboxylic acid groups (broad SMARTS) is 1. The maximum absolute atomic E-state index is 13.2. The number of rotatable bonds is 7. The van der Waals surface area contributed by atoms with E-state index in [1.54, 1.807) is 30.3 Å². The maximum atomic E-state index is 13.2. The van der Waals surface area contributed by atoms with Gasteiger partial charge in [-0.25, -0.2) is 10.2 Å². The fourth-order valence-electron chi connectivity index (χ4n) is 3.20. The molecule has 0 aliphatic rings. The molecule has 0 saturated heterocycles. The van der Waals surface area contributed by atoms with Crippen molar-refractivity contribution in [2.75, 3.05) is 12.5 Å². The van der Waals surface area contributed by atoms with E-state index in [0.717, 1.165) is 4.79 Å². The zero-order valence-corrected chi connectivity index (χ0v) is 18.3. The van der Waals surface area contributed by atoms with E-state index in [0.29, 0.717) is 29.0 Å². The molecule has 0 bridgehead atoms. The van der Waals surface area contributed by atoms with Crippen LogP contribution in [0.25, 0.3) is 11.1 Å². The molecule has 0 saturated carbocycles. The quantitative estimate of drug-likeness (QED) is 0.403. The Morgan fingerprint density at radius 1 is 1.12 bits per heavy atom. The number of benzene rings is 1. The molecule has 0 atom stereocenters. The molecule has 11 nitrogen and oxygen atoms in total. The van der Waals surface area contributed by atoms with Gasteiger partial charge in [-0.1, -0.05) is 26.0 Å². The van der Waals surface area contributed by atoms with E-state index in [4.69, 9.17) is 4.74 Å². The van der Waals surface area contributed by atoms with E-state index in [9.17, 15) is 19.5 Å². The highest BCUT2D eigenvalue weighted by atomic mass is 16.5. The van der Waals surface area contributed by atoms with Gasteiger partial charge in [0.2, 0.25) is 0 Å². The average molecular weight is 452 g/mol. The molecule has 0 radical (unpaired) electrons. The molecular weight excluding hydrogens is 428 g/mol. The number of hydrogen-bond donors (Lipinski definition) is 4. The van der Waals surface area contributed by atoms with Crippen molar-refractivity contribution in [1.29, 1.82) is 0 Å². The first-order valence-electron chi connectivity index (χ1n) is 10.1. The number of hydrogen-bond acceptors (Lipinski definition) is 6. The highest BCUT2D eigenvalue weighted by Crippen LogP contribution is 2.31. The largest absolute Gasteiger partial charge is 0.497 e. The first-order chi connectivity index (χ1) is 15.8. The molecule has 33 heavy (non-hydrogen) atoms. The molecule has 3 aromatic rings. The fourth-order valence-corrected chi connectivity index (χ4v) is 3.20. The Kier molecular flexibility index (Phi) is 7.24. The number of methoxy groups -OCH3 is 1. The Balaban J connectivity index is 2.04. The minimum absolute atomic E-state index is 0.0900. The second kappa shape index (κ2) is 10.3. The molecule has 2 heterocycles. The number of hydrazine groups is 1. The summed E-state index contributed by atoms with van der Waals surface area (Å²) >= 11 is 0. The third-order valence-electron chi connectivity index (χ3n) is 4.55. The lowest BCUT2D eigenvalue weighted by molar-refractivity contribution is 0.0841. The number of carbonyl (C=O) groups is 3. The van der Waals surface area contributed by atoms with Gasteiger partial charge in [0.15, 0.2) is 5.69 Å². The highest BCUT2D eigenvalue weighted by Gasteiger charge is 2.27. The van der Waals surface area contributed by atoms with Gasteiger partial charge in [0, 0.05) is 18.0 Å². The van der Waals surface area contributed by atoms with Crippen molar-refractivity contribution in [2.45, 2.75) is 20.3 Å². The van der Waals surface area contributed by atoms with Crippen LogP contribution in [0.2, 0.25) is 0 Å². The van der Waals surface area contributed by atoms with Gasteiger partial charge in [-0.3, -0.25) is 25.4 Å². The topological polar surface area (TPSA) is 147 Å². The summed E-state index contributed by atoms with van der Waals surface area (Å²) in [6.07, 6.45) is 1.94. The number of pyridine rings is 1. The zero-order chi connectivity index (χ0) is 24.0. The summed E-state index contributed by atoms with van der Waals surface area (Å²) in [6.45, 7) is 3.96. The van der Waals surface area contributed by atoms with Gasteiger partial charge < -0.3 is 9.84 Å². The third kappa shape index (κ3) is 5.64. The summed E-state index contributed by atoms with van der Waals surface area (Å²) in [5.41, 5.74) is 8.43. The summed E-state index contributed by atoms with van der Waals surface area (Å²) in [6, 6.07) is 10.1. The lowest BCUT2D eigenvalue weighted by Gasteiger charge is -2.12. The molecule has 11 heteroatoms. The molecular formula is C22H24N6O5. The van der Waals surface area contributed by atoms with Crippen LogP contribution >= 0.6 is 0 Å². The Hall–Kier alpha value is -4.41. The molecule has 4 N–H and O–H groups in total. The zero-order valence-electron chi connectivity index (χ0n) is 18.3.